The lowest BCUT2D eigenvalue weighted by Gasteiger charge is -2.22. The van der Waals surface area contributed by atoms with E-state index < -0.39 is 0 Å². The normalized spacial score (nSPS) is 15.0. The molecule has 7 heteroatoms. The highest BCUT2D eigenvalue weighted by Crippen LogP contribution is 2.35. The first-order chi connectivity index (χ1) is 13.6. The molecule has 2 heterocycles. The van der Waals surface area contributed by atoms with Crippen molar-refractivity contribution in [3.8, 4) is 11.1 Å². The Morgan fingerprint density at radius 3 is 2.75 bits per heavy atom. The van der Waals surface area contributed by atoms with Crippen molar-refractivity contribution in [2.75, 3.05) is 5.75 Å². The smallest absolute Gasteiger partial charge is 0.260 e. The number of aromatic amines is 1. The second-order valence-electron chi connectivity index (χ2n) is 7.14. The van der Waals surface area contributed by atoms with Gasteiger partial charge in [-0.25, -0.2) is 4.98 Å². The van der Waals surface area contributed by atoms with Gasteiger partial charge in [0, 0.05) is 16.5 Å². The third-order valence-electron chi connectivity index (χ3n) is 5.09. The summed E-state index contributed by atoms with van der Waals surface area (Å²) in [4.78, 5) is 34.2. The molecule has 0 aliphatic heterocycles. The van der Waals surface area contributed by atoms with Crippen molar-refractivity contribution in [3.63, 3.8) is 0 Å². The van der Waals surface area contributed by atoms with E-state index >= 15 is 0 Å². The van der Waals surface area contributed by atoms with Gasteiger partial charge in [0.2, 0.25) is 5.91 Å². The molecule has 146 valence electrons. The molecule has 1 saturated carbocycles. The largest absolute Gasteiger partial charge is 0.353 e. The standard InChI is InChI=1S/C21H23N3O2S2/c1-13-17(14-8-4-2-5-9-14)18-19(26)23-21(24-20(18)28-13)27-12-16(25)22-15-10-6-3-7-11-15/h2,4-5,8-9,15H,3,6-7,10-12H2,1H3,(H,22,25)(H,23,24,26). The predicted molar refractivity (Wildman–Crippen MR) is 116 cm³/mol. The first kappa shape index (κ1) is 19.2. The fraction of sp³-hybridized carbons (Fsp3) is 0.381. The number of carbonyl (C=O) groups is 1. The Morgan fingerprint density at radius 2 is 2.00 bits per heavy atom. The molecule has 1 aliphatic carbocycles. The van der Waals surface area contributed by atoms with Gasteiger partial charge in [-0.15, -0.1) is 11.3 Å². The summed E-state index contributed by atoms with van der Waals surface area (Å²) in [5.41, 5.74) is 1.81. The number of carbonyl (C=O) groups excluding carboxylic acids is 1. The van der Waals surface area contributed by atoms with Crippen LogP contribution in [0, 0.1) is 6.92 Å². The van der Waals surface area contributed by atoms with Gasteiger partial charge in [-0.05, 0) is 25.3 Å². The molecule has 2 aromatic heterocycles. The van der Waals surface area contributed by atoms with Gasteiger partial charge in [0.1, 0.15) is 4.83 Å². The molecule has 2 N–H and O–H groups in total. The lowest BCUT2D eigenvalue weighted by Crippen LogP contribution is -2.37. The second-order valence-corrected chi connectivity index (χ2v) is 9.31. The number of thioether (sulfide) groups is 1. The van der Waals surface area contributed by atoms with Crippen LogP contribution in [0.2, 0.25) is 0 Å². The molecule has 1 fully saturated rings. The van der Waals surface area contributed by atoms with Crippen LogP contribution < -0.4 is 10.9 Å². The van der Waals surface area contributed by atoms with Crippen LogP contribution >= 0.6 is 23.1 Å². The molecule has 0 saturated heterocycles. The molecule has 0 atom stereocenters. The SMILES string of the molecule is Cc1sc2nc(SCC(=O)NC3CCCCC3)[nH]c(=O)c2c1-c1ccccc1. The zero-order chi connectivity index (χ0) is 19.5. The quantitative estimate of drug-likeness (QED) is 0.477. The monoisotopic (exact) mass is 413 g/mol. The summed E-state index contributed by atoms with van der Waals surface area (Å²) in [6, 6.07) is 10.2. The van der Waals surface area contributed by atoms with Crippen LogP contribution in [0.5, 0.6) is 0 Å². The van der Waals surface area contributed by atoms with Crippen LogP contribution in [0.25, 0.3) is 21.3 Å². The van der Waals surface area contributed by atoms with Gasteiger partial charge < -0.3 is 10.3 Å². The number of amides is 1. The summed E-state index contributed by atoms with van der Waals surface area (Å²) in [5.74, 6) is 0.271. The van der Waals surface area contributed by atoms with Crippen molar-refractivity contribution >= 4 is 39.2 Å². The number of rotatable bonds is 5. The molecule has 3 aromatic rings. The summed E-state index contributed by atoms with van der Waals surface area (Å²) >= 11 is 2.80. The van der Waals surface area contributed by atoms with Crippen LogP contribution in [-0.4, -0.2) is 27.7 Å². The fourth-order valence-electron chi connectivity index (χ4n) is 3.77. The lowest BCUT2D eigenvalue weighted by molar-refractivity contribution is -0.119. The summed E-state index contributed by atoms with van der Waals surface area (Å²) in [6.45, 7) is 2.01. The van der Waals surface area contributed by atoms with Gasteiger partial charge in [0.15, 0.2) is 5.16 Å². The van der Waals surface area contributed by atoms with E-state index in [1.807, 2.05) is 37.3 Å². The topological polar surface area (TPSA) is 74.8 Å². The minimum absolute atomic E-state index is 0.00646. The summed E-state index contributed by atoms with van der Waals surface area (Å²) in [7, 11) is 0. The Balaban J connectivity index is 1.52. The van der Waals surface area contributed by atoms with E-state index in [1.54, 1.807) is 0 Å². The number of benzene rings is 1. The first-order valence-electron chi connectivity index (χ1n) is 9.63. The van der Waals surface area contributed by atoms with E-state index in [0.29, 0.717) is 16.6 Å². The van der Waals surface area contributed by atoms with Crippen molar-refractivity contribution in [1.82, 2.24) is 15.3 Å². The molecule has 1 aliphatic rings. The fourth-order valence-corrected chi connectivity index (χ4v) is 5.55. The number of H-pyrrole nitrogens is 1. The Bertz CT molecular complexity index is 1040. The highest BCUT2D eigenvalue weighted by Gasteiger charge is 2.18. The molecule has 0 radical (unpaired) electrons. The minimum atomic E-state index is -0.150. The molecule has 4 rings (SSSR count). The van der Waals surface area contributed by atoms with E-state index in [2.05, 4.69) is 15.3 Å². The summed E-state index contributed by atoms with van der Waals surface area (Å²) < 4.78 is 0. The number of aromatic nitrogens is 2. The maximum absolute atomic E-state index is 12.8. The number of hydrogen-bond donors (Lipinski definition) is 2. The molecular formula is C21H23N3O2S2. The number of thiophene rings is 1. The van der Waals surface area contributed by atoms with Gasteiger partial charge in [0.05, 0.1) is 11.1 Å². The van der Waals surface area contributed by atoms with Crippen molar-refractivity contribution < 1.29 is 4.79 Å². The van der Waals surface area contributed by atoms with Gasteiger partial charge in [-0.3, -0.25) is 9.59 Å². The maximum Gasteiger partial charge on any atom is 0.260 e. The van der Waals surface area contributed by atoms with Crippen LogP contribution in [-0.2, 0) is 4.79 Å². The van der Waals surface area contributed by atoms with Gasteiger partial charge in [-0.2, -0.15) is 0 Å². The van der Waals surface area contributed by atoms with E-state index in [4.69, 9.17) is 0 Å². The maximum atomic E-state index is 12.8. The molecule has 0 bridgehead atoms. The van der Waals surface area contributed by atoms with Crippen molar-refractivity contribution in [1.29, 1.82) is 0 Å². The zero-order valence-corrected chi connectivity index (χ0v) is 17.4. The molecule has 5 nitrogen and oxygen atoms in total. The number of fused-ring (bicyclic) bond motifs is 1. The lowest BCUT2D eigenvalue weighted by atomic mass is 9.95. The zero-order valence-electron chi connectivity index (χ0n) is 15.8. The molecule has 1 amide bonds. The van der Waals surface area contributed by atoms with Crippen LogP contribution in [0.15, 0.2) is 40.3 Å². The second kappa shape index (κ2) is 8.49. The Hall–Kier alpha value is -2.12. The van der Waals surface area contributed by atoms with Crippen molar-refractivity contribution in [3.05, 3.63) is 45.6 Å². The first-order valence-corrected chi connectivity index (χ1v) is 11.4. The highest BCUT2D eigenvalue weighted by molar-refractivity contribution is 7.99. The third-order valence-corrected chi connectivity index (χ3v) is 6.96. The van der Waals surface area contributed by atoms with E-state index in [0.717, 1.165) is 33.7 Å². The van der Waals surface area contributed by atoms with E-state index in [-0.39, 0.29) is 17.2 Å². The average molecular weight is 414 g/mol. The predicted octanol–water partition coefficient (Wildman–Crippen LogP) is 4.50. The Labute approximate surface area is 172 Å². The van der Waals surface area contributed by atoms with Gasteiger partial charge in [0.25, 0.3) is 5.56 Å². The third kappa shape index (κ3) is 4.15. The average Bonchev–Trinajstić information content (AvgIpc) is 3.04. The van der Waals surface area contributed by atoms with Crippen molar-refractivity contribution in [2.45, 2.75) is 50.2 Å². The number of nitrogens with zero attached hydrogens (tertiary/aromatic N) is 1. The van der Waals surface area contributed by atoms with Gasteiger partial charge in [-0.1, -0.05) is 61.4 Å². The number of nitrogens with one attached hydrogen (secondary N) is 2. The van der Waals surface area contributed by atoms with Crippen LogP contribution in [0.4, 0.5) is 0 Å². The van der Waals surface area contributed by atoms with Crippen LogP contribution in [0.3, 0.4) is 0 Å². The van der Waals surface area contributed by atoms with Crippen molar-refractivity contribution in [2.24, 2.45) is 0 Å². The number of aryl methyl sites for hydroxylation is 1. The summed E-state index contributed by atoms with van der Waals surface area (Å²) in [5, 5.41) is 4.23. The molecule has 0 spiro atoms. The summed E-state index contributed by atoms with van der Waals surface area (Å²) in [6.07, 6.45) is 5.76. The van der Waals surface area contributed by atoms with Gasteiger partial charge >= 0.3 is 0 Å². The molecule has 28 heavy (non-hydrogen) atoms. The minimum Gasteiger partial charge on any atom is -0.353 e. The molecule has 1 aromatic carbocycles. The molecular weight excluding hydrogens is 390 g/mol. The highest BCUT2D eigenvalue weighted by atomic mass is 32.2. The number of hydrogen-bond acceptors (Lipinski definition) is 5. The Morgan fingerprint density at radius 1 is 1.25 bits per heavy atom. The van der Waals surface area contributed by atoms with Crippen LogP contribution in [0.1, 0.15) is 37.0 Å². The van der Waals surface area contributed by atoms with E-state index in [1.165, 1.54) is 42.4 Å². The Kier molecular flexibility index (Phi) is 5.82. The molecule has 0 unspecified atom stereocenters. The van der Waals surface area contributed by atoms with E-state index in [9.17, 15) is 9.59 Å².